The second-order valence-corrected chi connectivity index (χ2v) is 6.01. The Hall–Kier alpha value is -1.10. The van der Waals surface area contributed by atoms with E-state index in [-0.39, 0.29) is 25.3 Å². The highest BCUT2D eigenvalue weighted by atomic mass is 16.6. The van der Waals surface area contributed by atoms with Gasteiger partial charge in [-0.1, -0.05) is 19.8 Å². The van der Waals surface area contributed by atoms with Gasteiger partial charge in [-0.15, -0.1) is 0 Å². The lowest BCUT2D eigenvalue weighted by Crippen LogP contribution is -2.35. The van der Waals surface area contributed by atoms with E-state index in [0.717, 1.165) is 25.7 Å². The average Bonchev–Trinajstić information content (AvgIpc) is 2.43. The minimum atomic E-state index is -0.793. The van der Waals surface area contributed by atoms with Crippen LogP contribution >= 0.6 is 0 Å². The van der Waals surface area contributed by atoms with Gasteiger partial charge < -0.3 is 14.6 Å². The normalized spacial score (nSPS) is 23.4. The monoisotopic (exact) mass is 286 g/mol. The molecule has 0 amide bonds. The van der Waals surface area contributed by atoms with Crippen molar-refractivity contribution in [3.8, 4) is 0 Å². The number of ether oxygens (including phenoxy) is 2. The van der Waals surface area contributed by atoms with E-state index < -0.39 is 17.3 Å². The molecule has 20 heavy (non-hydrogen) atoms. The van der Waals surface area contributed by atoms with Crippen LogP contribution in [0.1, 0.15) is 52.9 Å². The molecule has 0 spiro atoms. The number of hydrogen-bond donors (Lipinski definition) is 1. The summed E-state index contributed by atoms with van der Waals surface area (Å²) in [6.45, 7) is 6.08. The third kappa shape index (κ3) is 4.78. The summed E-state index contributed by atoms with van der Waals surface area (Å²) >= 11 is 0. The molecule has 0 aromatic carbocycles. The second kappa shape index (κ2) is 7.62. The summed E-state index contributed by atoms with van der Waals surface area (Å²) in [5, 5.41) is 9.13. The van der Waals surface area contributed by atoms with Gasteiger partial charge >= 0.3 is 11.9 Å². The van der Waals surface area contributed by atoms with Crippen molar-refractivity contribution >= 4 is 11.9 Å². The first-order valence-electron chi connectivity index (χ1n) is 7.40. The maximum Gasteiger partial charge on any atom is 0.311 e. The van der Waals surface area contributed by atoms with Gasteiger partial charge in [0, 0.05) is 0 Å². The quantitative estimate of drug-likeness (QED) is 0.575. The minimum absolute atomic E-state index is 0.186. The summed E-state index contributed by atoms with van der Waals surface area (Å²) in [7, 11) is 0. The molecule has 0 aromatic rings. The highest BCUT2D eigenvalue weighted by molar-refractivity contribution is 5.75. The van der Waals surface area contributed by atoms with Crippen LogP contribution in [-0.4, -0.2) is 36.4 Å². The van der Waals surface area contributed by atoms with Crippen molar-refractivity contribution in [1.29, 1.82) is 0 Å². The highest BCUT2D eigenvalue weighted by Crippen LogP contribution is 2.27. The zero-order chi connectivity index (χ0) is 15.2. The molecule has 1 aliphatic rings. The molecule has 1 fully saturated rings. The fraction of sp³-hybridized carbons (Fsp3) is 0.867. The largest absolute Gasteiger partial charge is 0.481 e. The van der Waals surface area contributed by atoms with Crippen molar-refractivity contribution in [2.24, 2.45) is 11.3 Å². The summed E-state index contributed by atoms with van der Waals surface area (Å²) in [6.07, 6.45) is 3.84. The first-order chi connectivity index (χ1) is 9.38. The summed E-state index contributed by atoms with van der Waals surface area (Å²) in [5.41, 5.74) is -0.478. The fourth-order valence-corrected chi connectivity index (χ4v) is 2.25. The van der Waals surface area contributed by atoms with Gasteiger partial charge in [0.25, 0.3) is 0 Å². The molecular weight excluding hydrogens is 260 g/mol. The Bertz CT molecular complexity index is 337. The van der Waals surface area contributed by atoms with Crippen LogP contribution in [0, 0.1) is 11.3 Å². The van der Waals surface area contributed by atoms with Gasteiger partial charge in [0.2, 0.25) is 0 Å². The van der Waals surface area contributed by atoms with E-state index in [1.54, 1.807) is 0 Å². The van der Waals surface area contributed by atoms with Gasteiger partial charge in [0.1, 0.15) is 6.61 Å². The molecule has 1 N–H and O–H groups in total. The van der Waals surface area contributed by atoms with Crippen molar-refractivity contribution in [3.05, 3.63) is 0 Å². The standard InChI is InChI=1S/C15H26O5/c1-4-15(2,3)14(18)20-10-9-19-12-8-6-5-7-11(12)13(16)17/h11-12H,4-10H2,1-3H3,(H,16,17). The number of esters is 1. The Labute approximate surface area is 120 Å². The molecule has 116 valence electrons. The highest BCUT2D eigenvalue weighted by Gasteiger charge is 2.31. The predicted octanol–water partition coefficient (Wildman–Crippen LogP) is 2.63. The summed E-state index contributed by atoms with van der Waals surface area (Å²) in [5.74, 6) is -1.45. The second-order valence-electron chi connectivity index (χ2n) is 6.01. The van der Waals surface area contributed by atoms with E-state index in [2.05, 4.69) is 0 Å². The van der Waals surface area contributed by atoms with Crippen LogP contribution in [0.25, 0.3) is 0 Å². The smallest absolute Gasteiger partial charge is 0.311 e. The number of carboxylic acid groups (broad SMARTS) is 1. The number of aliphatic carboxylic acids is 1. The lowest BCUT2D eigenvalue weighted by atomic mass is 9.86. The predicted molar refractivity (Wildman–Crippen MR) is 74.4 cm³/mol. The maximum absolute atomic E-state index is 11.7. The van der Waals surface area contributed by atoms with E-state index >= 15 is 0 Å². The van der Waals surface area contributed by atoms with Gasteiger partial charge in [0.05, 0.1) is 24.0 Å². The number of carbonyl (C=O) groups is 2. The Morgan fingerprint density at radius 3 is 2.45 bits per heavy atom. The van der Waals surface area contributed by atoms with Crippen LogP contribution in [0.2, 0.25) is 0 Å². The Kier molecular flexibility index (Phi) is 6.46. The zero-order valence-corrected chi connectivity index (χ0v) is 12.7. The minimum Gasteiger partial charge on any atom is -0.481 e. The van der Waals surface area contributed by atoms with Crippen LogP contribution in [0.15, 0.2) is 0 Å². The number of rotatable bonds is 7. The number of carboxylic acids is 1. The van der Waals surface area contributed by atoms with Gasteiger partial charge in [-0.05, 0) is 33.1 Å². The zero-order valence-electron chi connectivity index (χ0n) is 12.7. The third-order valence-corrected chi connectivity index (χ3v) is 4.10. The molecule has 5 heteroatoms. The summed E-state index contributed by atoms with van der Waals surface area (Å²) in [6, 6.07) is 0. The molecule has 2 unspecified atom stereocenters. The Morgan fingerprint density at radius 1 is 1.20 bits per heavy atom. The Balaban J connectivity index is 2.29. The topological polar surface area (TPSA) is 72.8 Å². The fourth-order valence-electron chi connectivity index (χ4n) is 2.25. The Morgan fingerprint density at radius 2 is 1.85 bits per heavy atom. The van der Waals surface area contributed by atoms with Gasteiger partial charge in [0.15, 0.2) is 0 Å². The number of carbonyl (C=O) groups excluding carboxylic acids is 1. The average molecular weight is 286 g/mol. The van der Waals surface area contributed by atoms with Crippen molar-refractivity contribution in [2.45, 2.75) is 59.0 Å². The van der Waals surface area contributed by atoms with Crippen molar-refractivity contribution in [2.75, 3.05) is 13.2 Å². The van der Waals surface area contributed by atoms with Gasteiger partial charge in [-0.3, -0.25) is 9.59 Å². The molecule has 0 saturated heterocycles. The first kappa shape index (κ1) is 17.0. The van der Waals surface area contributed by atoms with Crippen molar-refractivity contribution in [1.82, 2.24) is 0 Å². The van der Waals surface area contributed by atoms with E-state index in [0.29, 0.717) is 6.42 Å². The molecule has 1 rings (SSSR count). The summed E-state index contributed by atoms with van der Waals surface area (Å²) < 4.78 is 10.8. The van der Waals surface area contributed by atoms with Crippen LogP contribution in [0.5, 0.6) is 0 Å². The van der Waals surface area contributed by atoms with Crippen LogP contribution in [-0.2, 0) is 19.1 Å². The van der Waals surface area contributed by atoms with Gasteiger partial charge in [-0.25, -0.2) is 0 Å². The molecule has 0 aromatic heterocycles. The van der Waals surface area contributed by atoms with E-state index in [1.165, 1.54) is 0 Å². The maximum atomic E-state index is 11.7. The molecule has 0 radical (unpaired) electrons. The first-order valence-corrected chi connectivity index (χ1v) is 7.40. The molecule has 2 atom stereocenters. The lowest BCUT2D eigenvalue weighted by Gasteiger charge is -2.28. The molecule has 1 aliphatic carbocycles. The SMILES string of the molecule is CCC(C)(C)C(=O)OCCOC1CCCCC1C(=O)O. The van der Waals surface area contributed by atoms with Crippen molar-refractivity contribution < 1.29 is 24.2 Å². The van der Waals surface area contributed by atoms with Gasteiger partial charge in [-0.2, -0.15) is 0 Å². The molecule has 5 nitrogen and oxygen atoms in total. The molecule has 0 bridgehead atoms. The number of hydrogen-bond acceptors (Lipinski definition) is 4. The van der Waals surface area contributed by atoms with E-state index in [4.69, 9.17) is 14.6 Å². The lowest BCUT2D eigenvalue weighted by molar-refractivity contribution is -0.159. The van der Waals surface area contributed by atoms with E-state index in [9.17, 15) is 9.59 Å². The molecule has 1 saturated carbocycles. The molecule has 0 heterocycles. The molecule has 0 aliphatic heterocycles. The van der Waals surface area contributed by atoms with Crippen molar-refractivity contribution in [3.63, 3.8) is 0 Å². The van der Waals surface area contributed by atoms with E-state index in [1.807, 2.05) is 20.8 Å². The summed E-state index contributed by atoms with van der Waals surface area (Å²) in [4.78, 5) is 22.9. The molecular formula is C15H26O5. The van der Waals surface area contributed by atoms with Crippen LogP contribution in [0.4, 0.5) is 0 Å². The third-order valence-electron chi connectivity index (χ3n) is 4.10. The van der Waals surface area contributed by atoms with Crippen LogP contribution < -0.4 is 0 Å². The van der Waals surface area contributed by atoms with Crippen LogP contribution in [0.3, 0.4) is 0 Å².